The van der Waals surface area contributed by atoms with E-state index < -0.39 is 5.91 Å². The van der Waals surface area contributed by atoms with Gasteiger partial charge in [0.05, 0.1) is 25.5 Å². The minimum atomic E-state index is -0.422. The maximum absolute atomic E-state index is 12.5. The molecule has 1 N–H and O–H groups in total. The Balaban J connectivity index is 1.53. The number of hydrogen-bond donors (Lipinski definition) is 1. The van der Waals surface area contributed by atoms with Gasteiger partial charge in [0, 0.05) is 29.4 Å². The molecule has 8 nitrogen and oxygen atoms in total. The van der Waals surface area contributed by atoms with Gasteiger partial charge in [-0.3, -0.25) is 15.1 Å². The number of rotatable bonds is 6. The minimum Gasteiger partial charge on any atom is -0.497 e. The van der Waals surface area contributed by atoms with Crippen LogP contribution < -0.4 is 14.8 Å². The van der Waals surface area contributed by atoms with Gasteiger partial charge in [-0.1, -0.05) is 5.16 Å². The molecule has 0 spiro atoms. The summed E-state index contributed by atoms with van der Waals surface area (Å²) in [6.45, 7) is 0. The lowest BCUT2D eigenvalue weighted by molar-refractivity contribution is 0.101. The van der Waals surface area contributed by atoms with Crippen LogP contribution in [0.1, 0.15) is 10.5 Å². The Morgan fingerprint density at radius 2 is 2.07 bits per heavy atom. The van der Waals surface area contributed by atoms with E-state index in [-0.39, 0.29) is 5.69 Å². The first-order valence-corrected chi connectivity index (χ1v) is 9.42. The van der Waals surface area contributed by atoms with Crippen molar-refractivity contribution in [1.82, 2.24) is 15.1 Å². The van der Waals surface area contributed by atoms with E-state index in [2.05, 4.69) is 20.4 Å². The molecular weight excluding hydrogens is 392 g/mol. The normalized spacial score (nSPS) is 10.6. The Morgan fingerprint density at radius 1 is 1.17 bits per heavy atom. The van der Waals surface area contributed by atoms with E-state index in [0.717, 1.165) is 11.3 Å². The molecule has 0 atom stereocenters. The van der Waals surface area contributed by atoms with Gasteiger partial charge in [0.1, 0.15) is 11.5 Å². The van der Waals surface area contributed by atoms with Crippen molar-refractivity contribution in [1.29, 1.82) is 0 Å². The SMILES string of the molecule is COc1ccc(OC)c(-c2cc(C(=O)Nc3nc(-c4cccnc4)cs3)no2)c1. The van der Waals surface area contributed by atoms with Gasteiger partial charge in [0.2, 0.25) is 0 Å². The number of ether oxygens (including phenoxy) is 2. The van der Waals surface area contributed by atoms with Gasteiger partial charge in [0.15, 0.2) is 16.6 Å². The fourth-order valence-corrected chi connectivity index (χ4v) is 3.37. The van der Waals surface area contributed by atoms with Crippen molar-refractivity contribution in [2.24, 2.45) is 0 Å². The lowest BCUT2D eigenvalue weighted by Crippen LogP contribution is -2.11. The van der Waals surface area contributed by atoms with Gasteiger partial charge in [0.25, 0.3) is 5.91 Å². The molecule has 29 heavy (non-hydrogen) atoms. The second kappa shape index (κ2) is 8.11. The molecule has 0 unspecified atom stereocenters. The van der Waals surface area contributed by atoms with E-state index >= 15 is 0 Å². The van der Waals surface area contributed by atoms with Crippen LogP contribution in [0.5, 0.6) is 11.5 Å². The maximum atomic E-state index is 12.5. The topological polar surface area (TPSA) is 99.4 Å². The van der Waals surface area contributed by atoms with Gasteiger partial charge in [-0.2, -0.15) is 0 Å². The molecule has 0 aliphatic rings. The summed E-state index contributed by atoms with van der Waals surface area (Å²) in [5.41, 5.74) is 2.37. The van der Waals surface area contributed by atoms with Crippen molar-refractivity contribution < 1.29 is 18.8 Å². The lowest BCUT2D eigenvalue weighted by atomic mass is 10.1. The van der Waals surface area contributed by atoms with Gasteiger partial charge in [-0.25, -0.2) is 4.98 Å². The second-order valence-electron chi connectivity index (χ2n) is 5.88. The van der Waals surface area contributed by atoms with Crippen LogP contribution >= 0.6 is 11.3 Å². The molecule has 0 bridgehead atoms. The smallest absolute Gasteiger partial charge is 0.279 e. The van der Waals surface area contributed by atoms with E-state index in [1.54, 1.807) is 50.9 Å². The van der Waals surface area contributed by atoms with E-state index in [9.17, 15) is 4.79 Å². The van der Waals surface area contributed by atoms with Crippen molar-refractivity contribution in [3.8, 4) is 34.1 Å². The molecule has 3 heterocycles. The highest BCUT2D eigenvalue weighted by Crippen LogP contribution is 2.34. The molecule has 1 amide bonds. The summed E-state index contributed by atoms with van der Waals surface area (Å²) in [5.74, 6) is 1.18. The molecule has 146 valence electrons. The summed E-state index contributed by atoms with van der Waals surface area (Å²) >= 11 is 1.32. The number of methoxy groups -OCH3 is 2. The first kappa shape index (κ1) is 18.6. The van der Waals surface area contributed by atoms with Gasteiger partial charge >= 0.3 is 0 Å². The largest absolute Gasteiger partial charge is 0.497 e. The van der Waals surface area contributed by atoms with Crippen molar-refractivity contribution in [3.05, 3.63) is 59.9 Å². The summed E-state index contributed by atoms with van der Waals surface area (Å²) in [5, 5.41) is 8.91. The number of carbonyl (C=O) groups is 1. The molecule has 0 saturated carbocycles. The quantitative estimate of drug-likeness (QED) is 0.512. The van der Waals surface area contributed by atoms with Crippen LogP contribution in [0, 0.1) is 0 Å². The average molecular weight is 408 g/mol. The maximum Gasteiger partial charge on any atom is 0.279 e. The van der Waals surface area contributed by atoms with Crippen LogP contribution in [-0.2, 0) is 0 Å². The third kappa shape index (κ3) is 3.94. The zero-order chi connectivity index (χ0) is 20.2. The first-order valence-electron chi connectivity index (χ1n) is 8.54. The molecular formula is C20H16N4O4S. The number of benzene rings is 1. The van der Waals surface area contributed by atoms with Crippen LogP contribution in [-0.4, -0.2) is 35.3 Å². The average Bonchev–Trinajstić information content (AvgIpc) is 3.44. The van der Waals surface area contributed by atoms with Crippen LogP contribution in [0.15, 0.2) is 58.7 Å². The Bertz CT molecular complexity index is 1140. The highest BCUT2D eigenvalue weighted by Gasteiger charge is 2.18. The summed E-state index contributed by atoms with van der Waals surface area (Å²) in [7, 11) is 3.12. The molecule has 0 aliphatic carbocycles. The van der Waals surface area contributed by atoms with E-state index in [4.69, 9.17) is 14.0 Å². The van der Waals surface area contributed by atoms with Gasteiger partial charge < -0.3 is 14.0 Å². The summed E-state index contributed by atoms with van der Waals surface area (Å²) < 4.78 is 15.9. The van der Waals surface area contributed by atoms with Crippen LogP contribution in [0.4, 0.5) is 5.13 Å². The zero-order valence-corrected chi connectivity index (χ0v) is 16.4. The number of hydrogen-bond acceptors (Lipinski definition) is 8. The van der Waals surface area contributed by atoms with Crippen LogP contribution in [0.25, 0.3) is 22.6 Å². The molecule has 0 saturated heterocycles. The van der Waals surface area contributed by atoms with Gasteiger partial charge in [-0.05, 0) is 30.3 Å². The number of aromatic nitrogens is 3. The van der Waals surface area contributed by atoms with Crippen LogP contribution in [0.3, 0.4) is 0 Å². The van der Waals surface area contributed by atoms with Crippen molar-refractivity contribution >= 4 is 22.4 Å². The van der Waals surface area contributed by atoms with Gasteiger partial charge in [-0.15, -0.1) is 11.3 Å². The fourth-order valence-electron chi connectivity index (χ4n) is 2.65. The third-order valence-electron chi connectivity index (χ3n) is 4.10. The summed E-state index contributed by atoms with van der Waals surface area (Å²) in [6, 6.07) is 10.6. The highest BCUT2D eigenvalue weighted by molar-refractivity contribution is 7.14. The number of amides is 1. The van der Waals surface area contributed by atoms with E-state index in [0.29, 0.717) is 28.0 Å². The number of carbonyl (C=O) groups excluding carboxylic acids is 1. The standard InChI is InChI=1S/C20H16N4O4S/c1-26-13-5-6-17(27-2)14(8-13)18-9-15(24-28-18)19(25)23-20-22-16(11-29-20)12-4-3-7-21-10-12/h3-11H,1-2H3,(H,22,23,25). The molecule has 1 aromatic carbocycles. The number of thiazole rings is 1. The molecule has 9 heteroatoms. The second-order valence-corrected chi connectivity index (χ2v) is 6.73. The Kier molecular flexibility index (Phi) is 5.21. The van der Waals surface area contributed by atoms with Crippen LogP contribution in [0.2, 0.25) is 0 Å². The number of nitrogens with one attached hydrogen (secondary N) is 1. The molecule has 0 radical (unpaired) electrons. The van der Waals surface area contributed by atoms with E-state index in [1.807, 2.05) is 17.5 Å². The predicted molar refractivity (Wildman–Crippen MR) is 108 cm³/mol. The van der Waals surface area contributed by atoms with Crippen molar-refractivity contribution in [3.63, 3.8) is 0 Å². The minimum absolute atomic E-state index is 0.128. The molecule has 3 aromatic heterocycles. The fraction of sp³-hybridized carbons (Fsp3) is 0.100. The lowest BCUT2D eigenvalue weighted by Gasteiger charge is -2.07. The number of pyridine rings is 1. The Morgan fingerprint density at radius 3 is 2.83 bits per heavy atom. The van der Waals surface area contributed by atoms with Crippen molar-refractivity contribution in [2.75, 3.05) is 19.5 Å². The number of nitrogens with zero attached hydrogens (tertiary/aromatic N) is 3. The molecule has 0 aliphatic heterocycles. The number of anilines is 1. The first-order chi connectivity index (χ1) is 14.2. The Labute approximate surface area is 170 Å². The molecule has 4 rings (SSSR count). The summed E-state index contributed by atoms with van der Waals surface area (Å²) in [6.07, 6.45) is 3.41. The Hall–Kier alpha value is -3.72. The predicted octanol–water partition coefficient (Wildman–Crippen LogP) is 4.13. The molecule has 0 fully saturated rings. The zero-order valence-electron chi connectivity index (χ0n) is 15.6. The monoisotopic (exact) mass is 408 g/mol. The summed E-state index contributed by atoms with van der Waals surface area (Å²) in [4.78, 5) is 21.0. The van der Waals surface area contributed by atoms with Crippen molar-refractivity contribution in [2.45, 2.75) is 0 Å². The highest BCUT2D eigenvalue weighted by atomic mass is 32.1. The van der Waals surface area contributed by atoms with E-state index in [1.165, 1.54) is 11.3 Å². The molecule has 4 aromatic rings. The third-order valence-corrected chi connectivity index (χ3v) is 4.85.